The van der Waals surface area contributed by atoms with Crippen LogP contribution in [0.1, 0.15) is 72.4 Å². The van der Waals surface area contributed by atoms with Gasteiger partial charge in [-0.25, -0.2) is 9.59 Å². The number of amides is 3. The Morgan fingerprint density at radius 3 is 2.09 bits per heavy atom. The van der Waals surface area contributed by atoms with E-state index in [4.69, 9.17) is 14.2 Å². The molecule has 1 saturated heterocycles. The highest BCUT2D eigenvalue weighted by atomic mass is 16.6. The second-order valence-electron chi connectivity index (χ2n) is 12.9. The number of rotatable bonds is 12. The van der Waals surface area contributed by atoms with Crippen molar-refractivity contribution in [2.24, 2.45) is 11.8 Å². The van der Waals surface area contributed by atoms with Crippen molar-refractivity contribution >= 4 is 18.1 Å². The molecule has 0 bridgehead atoms. The van der Waals surface area contributed by atoms with Crippen LogP contribution in [0.4, 0.5) is 9.59 Å². The summed E-state index contributed by atoms with van der Waals surface area (Å²) in [6.07, 6.45) is 0.298. The van der Waals surface area contributed by atoms with E-state index in [9.17, 15) is 14.4 Å². The zero-order valence-electron chi connectivity index (χ0n) is 26.7. The highest BCUT2D eigenvalue weighted by molar-refractivity contribution is 5.79. The van der Waals surface area contributed by atoms with Crippen LogP contribution in [0.25, 0.3) is 0 Å². The third-order valence-electron chi connectivity index (χ3n) is 7.42. The van der Waals surface area contributed by atoms with Crippen molar-refractivity contribution in [3.05, 3.63) is 71.8 Å². The van der Waals surface area contributed by atoms with E-state index in [0.29, 0.717) is 32.4 Å². The third kappa shape index (κ3) is 10.6. The van der Waals surface area contributed by atoms with Crippen LogP contribution in [0.3, 0.4) is 0 Å². The molecule has 0 saturated carbocycles. The van der Waals surface area contributed by atoms with Gasteiger partial charge in [0.1, 0.15) is 17.9 Å². The summed E-state index contributed by atoms with van der Waals surface area (Å²) >= 11 is 0. The van der Waals surface area contributed by atoms with Crippen LogP contribution in [-0.2, 0) is 32.0 Å². The van der Waals surface area contributed by atoms with Gasteiger partial charge in [-0.2, -0.15) is 0 Å². The van der Waals surface area contributed by atoms with Crippen LogP contribution in [0.15, 0.2) is 60.7 Å². The number of nitrogens with one attached hydrogen (secondary N) is 2. The first-order valence-corrected chi connectivity index (χ1v) is 15.2. The first-order valence-electron chi connectivity index (χ1n) is 15.2. The number of ether oxygens (including phenoxy) is 3. The Balaban J connectivity index is 1.59. The molecule has 1 fully saturated rings. The molecule has 0 aromatic heterocycles. The Morgan fingerprint density at radius 1 is 0.930 bits per heavy atom. The molecule has 3 amide bonds. The molecule has 3 atom stereocenters. The van der Waals surface area contributed by atoms with E-state index in [0.717, 1.165) is 11.1 Å². The number of benzene rings is 2. The zero-order valence-corrected chi connectivity index (χ0v) is 26.7. The summed E-state index contributed by atoms with van der Waals surface area (Å²) in [6.45, 7) is 14.3. The highest BCUT2D eigenvalue weighted by Crippen LogP contribution is 2.38. The number of nitrogens with zero attached hydrogens (tertiary/aromatic N) is 1. The molecule has 0 unspecified atom stereocenters. The van der Waals surface area contributed by atoms with Crippen LogP contribution >= 0.6 is 0 Å². The van der Waals surface area contributed by atoms with Gasteiger partial charge in [-0.1, -0.05) is 74.5 Å². The molecule has 1 aliphatic heterocycles. The number of hydrogen-bond donors (Lipinski definition) is 2. The molecule has 0 aliphatic carbocycles. The molecule has 2 N–H and O–H groups in total. The second-order valence-corrected chi connectivity index (χ2v) is 12.9. The van der Waals surface area contributed by atoms with Crippen molar-refractivity contribution in [2.75, 3.05) is 13.1 Å². The summed E-state index contributed by atoms with van der Waals surface area (Å²) in [5.74, 6) is -0.357. The fraction of sp³-hybridized carbons (Fsp3) is 0.559. The molecular formula is C34H49N3O6. The van der Waals surface area contributed by atoms with Crippen molar-refractivity contribution in [3.8, 4) is 0 Å². The smallest absolute Gasteiger partial charge is 0.412 e. The van der Waals surface area contributed by atoms with Crippen LogP contribution in [0.2, 0.25) is 0 Å². The molecule has 2 aromatic rings. The lowest BCUT2D eigenvalue weighted by Crippen LogP contribution is -2.51. The second kappa shape index (κ2) is 15.2. The Morgan fingerprint density at radius 2 is 1.51 bits per heavy atom. The van der Waals surface area contributed by atoms with E-state index in [1.54, 1.807) is 4.90 Å². The zero-order chi connectivity index (χ0) is 31.6. The Labute approximate surface area is 256 Å². The molecule has 43 heavy (non-hydrogen) atoms. The van der Waals surface area contributed by atoms with E-state index < -0.39 is 23.5 Å². The lowest BCUT2D eigenvalue weighted by molar-refractivity contribution is -0.129. The normalized spacial score (nSPS) is 18.7. The summed E-state index contributed by atoms with van der Waals surface area (Å²) in [6, 6.07) is 19.2. The summed E-state index contributed by atoms with van der Waals surface area (Å²) in [5, 5.41) is 5.75. The van der Waals surface area contributed by atoms with Gasteiger partial charge in [0.05, 0.1) is 12.1 Å². The summed E-state index contributed by atoms with van der Waals surface area (Å²) < 4.78 is 17.5. The quantitative estimate of drug-likeness (QED) is 0.289. The summed E-state index contributed by atoms with van der Waals surface area (Å²) in [7, 11) is 0. The highest BCUT2D eigenvalue weighted by Gasteiger charge is 2.52. The van der Waals surface area contributed by atoms with Gasteiger partial charge in [0.25, 0.3) is 0 Å². The SMILES string of the molecule is CC(C)[C@H](C[C@@H]1OC(C)(C)N(C(=O)OC(C)(C)C)[C@H]1Cc1ccccc1)C(=O)NCCCNC(=O)OCc1ccccc1. The molecule has 3 rings (SSSR count). The predicted octanol–water partition coefficient (Wildman–Crippen LogP) is 6.06. The molecule has 236 valence electrons. The molecule has 0 radical (unpaired) electrons. The number of carbonyl (C=O) groups excluding carboxylic acids is 3. The monoisotopic (exact) mass is 595 g/mol. The van der Waals surface area contributed by atoms with E-state index in [1.165, 1.54) is 0 Å². The minimum Gasteiger partial charge on any atom is -0.445 e. The molecule has 1 heterocycles. The third-order valence-corrected chi connectivity index (χ3v) is 7.42. The van der Waals surface area contributed by atoms with E-state index >= 15 is 0 Å². The maximum absolute atomic E-state index is 13.4. The molecular weight excluding hydrogens is 546 g/mol. The van der Waals surface area contributed by atoms with Gasteiger partial charge in [-0.05, 0) is 70.9 Å². The Hall–Kier alpha value is -3.59. The maximum Gasteiger partial charge on any atom is 0.412 e. The first kappa shape index (κ1) is 33.9. The van der Waals surface area contributed by atoms with Gasteiger partial charge < -0.3 is 24.8 Å². The van der Waals surface area contributed by atoms with Crippen molar-refractivity contribution in [3.63, 3.8) is 0 Å². The van der Waals surface area contributed by atoms with Gasteiger partial charge in [0, 0.05) is 19.0 Å². The number of carbonyl (C=O) groups is 3. The standard InChI is InChI=1S/C34H49N3O6/c1-24(2)27(30(38)35-19-14-20-36-31(39)41-23-26-17-12-9-13-18-26)22-29-28(21-25-15-10-8-11-16-25)37(34(6,7)42-29)32(40)43-33(3,4)5/h8-13,15-18,24,27-29H,14,19-23H2,1-7H3,(H,35,38)(H,36,39)/t27-,28-,29-/m0/s1. The van der Waals surface area contributed by atoms with Crippen molar-refractivity contribution < 1.29 is 28.6 Å². The van der Waals surface area contributed by atoms with Gasteiger partial charge in [0.2, 0.25) is 5.91 Å². The van der Waals surface area contributed by atoms with Crippen LogP contribution in [-0.4, -0.2) is 59.6 Å². The van der Waals surface area contributed by atoms with E-state index in [1.807, 2.05) is 109 Å². The van der Waals surface area contributed by atoms with Gasteiger partial charge >= 0.3 is 12.2 Å². The fourth-order valence-electron chi connectivity index (χ4n) is 5.35. The Kier molecular flexibility index (Phi) is 12.0. The van der Waals surface area contributed by atoms with E-state index in [2.05, 4.69) is 10.6 Å². The van der Waals surface area contributed by atoms with Crippen molar-refractivity contribution in [1.29, 1.82) is 0 Å². The van der Waals surface area contributed by atoms with Crippen molar-refractivity contribution in [2.45, 2.75) is 97.8 Å². The minimum absolute atomic E-state index is 0.0470. The fourth-order valence-corrected chi connectivity index (χ4v) is 5.35. The lowest BCUT2D eigenvalue weighted by Gasteiger charge is -2.35. The van der Waals surface area contributed by atoms with Gasteiger partial charge in [0.15, 0.2) is 0 Å². The number of hydrogen-bond acceptors (Lipinski definition) is 6. The maximum atomic E-state index is 13.4. The summed E-state index contributed by atoms with van der Waals surface area (Å²) in [4.78, 5) is 40.5. The van der Waals surface area contributed by atoms with Crippen LogP contribution < -0.4 is 10.6 Å². The Bertz CT molecular complexity index is 1180. The van der Waals surface area contributed by atoms with Crippen LogP contribution in [0, 0.1) is 11.8 Å². The van der Waals surface area contributed by atoms with E-state index in [-0.39, 0.29) is 36.5 Å². The first-order chi connectivity index (χ1) is 20.3. The average Bonchev–Trinajstić information content (AvgIpc) is 3.18. The lowest BCUT2D eigenvalue weighted by atomic mass is 9.86. The molecule has 9 heteroatoms. The number of alkyl carbamates (subject to hydrolysis) is 1. The average molecular weight is 596 g/mol. The van der Waals surface area contributed by atoms with Crippen LogP contribution in [0.5, 0.6) is 0 Å². The van der Waals surface area contributed by atoms with Gasteiger partial charge in [-0.15, -0.1) is 0 Å². The molecule has 1 aliphatic rings. The summed E-state index contributed by atoms with van der Waals surface area (Å²) in [5.41, 5.74) is 0.425. The minimum atomic E-state index is -0.911. The van der Waals surface area contributed by atoms with Gasteiger partial charge in [-0.3, -0.25) is 9.69 Å². The molecule has 2 aromatic carbocycles. The van der Waals surface area contributed by atoms with Crippen molar-refractivity contribution in [1.82, 2.24) is 15.5 Å². The predicted molar refractivity (Wildman–Crippen MR) is 166 cm³/mol. The molecule has 0 spiro atoms. The largest absolute Gasteiger partial charge is 0.445 e. The topological polar surface area (TPSA) is 106 Å². The molecule has 9 nitrogen and oxygen atoms in total.